The topological polar surface area (TPSA) is 9.23 Å². The third-order valence-electron chi connectivity index (χ3n) is 2.32. The SMILES string of the molecule is ClCc1c(Cl)cccc1Oc1ccc(Br)cc1Br. The van der Waals surface area contributed by atoms with Crippen LogP contribution in [0.15, 0.2) is 45.3 Å². The van der Waals surface area contributed by atoms with E-state index in [9.17, 15) is 0 Å². The van der Waals surface area contributed by atoms with E-state index >= 15 is 0 Å². The molecule has 0 N–H and O–H groups in total. The highest BCUT2D eigenvalue weighted by molar-refractivity contribution is 9.11. The van der Waals surface area contributed by atoms with Gasteiger partial charge in [-0.25, -0.2) is 0 Å². The molecule has 0 spiro atoms. The van der Waals surface area contributed by atoms with Crippen LogP contribution in [0, 0.1) is 0 Å². The van der Waals surface area contributed by atoms with Crippen molar-refractivity contribution in [3.8, 4) is 11.5 Å². The van der Waals surface area contributed by atoms with E-state index in [1.165, 1.54) is 0 Å². The molecule has 0 amide bonds. The van der Waals surface area contributed by atoms with Crippen molar-refractivity contribution in [2.75, 3.05) is 0 Å². The number of ether oxygens (including phenoxy) is 1. The Morgan fingerprint density at radius 2 is 1.83 bits per heavy atom. The van der Waals surface area contributed by atoms with Gasteiger partial charge in [0.1, 0.15) is 11.5 Å². The summed E-state index contributed by atoms with van der Waals surface area (Å²) in [5.74, 6) is 1.69. The van der Waals surface area contributed by atoms with Crippen molar-refractivity contribution in [2.45, 2.75) is 5.88 Å². The molecule has 2 rings (SSSR count). The van der Waals surface area contributed by atoms with Gasteiger partial charge in [-0.2, -0.15) is 0 Å². The number of alkyl halides is 1. The minimum Gasteiger partial charge on any atom is -0.456 e. The first-order valence-corrected chi connectivity index (χ1v) is 7.58. The van der Waals surface area contributed by atoms with Gasteiger partial charge >= 0.3 is 0 Å². The van der Waals surface area contributed by atoms with E-state index in [1.807, 2.05) is 30.3 Å². The maximum Gasteiger partial charge on any atom is 0.141 e. The second-order valence-corrected chi connectivity index (χ2v) is 5.97. The van der Waals surface area contributed by atoms with Crippen molar-refractivity contribution >= 4 is 55.1 Å². The standard InChI is InChI=1S/C13H8Br2Cl2O/c14-8-4-5-13(10(15)6-8)18-12-3-1-2-11(17)9(12)7-16/h1-6H,7H2. The Balaban J connectivity index is 2.37. The quantitative estimate of drug-likeness (QED) is 0.532. The van der Waals surface area contributed by atoms with Crippen molar-refractivity contribution in [1.82, 2.24) is 0 Å². The third-order valence-corrected chi connectivity index (χ3v) is 4.06. The molecule has 2 aromatic rings. The second-order valence-electron chi connectivity index (χ2n) is 3.53. The molecule has 0 unspecified atom stereocenters. The lowest BCUT2D eigenvalue weighted by Crippen LogP contribution is -1.91. The maximum absolute atomic E-state index is 6.08. The fourth-order valence-corrected chi connectivity index (χ4v) is 3.15. The Bertz CT molecular complexity index is 573. The van der Waals surface area contributed by atoms with Gasteiger partial charge in [-0.15, -0.1) is 11.6 Å². The molecule has 0 bridgehead atoms. The number of benzene rings is 2. The predicted molar refractivity (Wildman–Crippen MR) is 82.9 cm³/mol. The monoisotopic (exact) mass is 408 g/mol. The molecule has 1 nitrogen and oxygen atoms in total. The van der Waals surface area contributed by atoms with Crippen LogP contribution in [0.1, 0.15) is 5.56 Å². The molecule has 0 aliphatic heterocycles. The molecule has 0 atom stereocenters. The van der Waals surface area contributed by atoms with Crippen molar-refractivity contribution in [3.63, 3.8) is 0 Å². The summed E-state index contributed by atoms with van der Waals surface area (Å²) in [6.07, 6.45) is 0. The Labute approximate surface area is 132 Å². The van der Waals surface area contributed by atoms with Gasteiger partial charge < -0.3 is 4.74 Å². The van der Waals surface area contributed by atoms with E-state index in [0.717, 1.165) is 14.5 Å². The lowest BCUT2D eigenvalue weighted by Gasteiger charge is -2.12. The fourth-order valence-electron chi connectivity index (χ4n) is 1.44. The number of hydrogen-bond acceptors (Lipinski definition) is 1. The average molecular weight is 411 g/mol. The molecule has 0 aliphatic carbocycles. The zero-order chi connectivity index (χ0) is 13.1. The highest BCUT2D eigenvalue weighted by Gasteiger charge is 2.10. The first-order chi connectivity index (χ1) is 8.61. The summed E-state index contributed by atoms with van der Waals surface area (Å²) in [6.45, 7) is 0. The van der Waals surface area contributed by atoms with Crippen molar-refractivity contribution in [3.05, 3.63) is 55.9 Å². The minimum absolute atomic E-state index is 0.309. The maximum atomic E-state index is 6.08. The van der Waals surface area contributed by atoms with E-state index in [-0.39, 0.29) is 0 Å². The summed E-state index contributed by atoms with van der Waals surface area (Å²) in [4.78, 5) is 0. The molecule has 0 fully saturated rings. The molecule has 0 aromatic heterocycles. The smallest absolute Gasteiger partial charge is 0.141 e. The highest BCUT2D eigenvalue weighted by Crippen LogP contribution is 2.36. The van der Waals surface area contributed by atoms with Crippen LogP contribution in [0.2, 0.25) is 5.02 Å². The molecular weight excluding hydrogens is 403 g/mol. The Morgan fingerprint density at radius 3 is 2.50 bits per heavy atom. The molecule has 0 aliphatic rings. The van der Waals surface area contributed by atoms with E-state index in [2.05, 4.69) is 31.9 Å². The van der Waals surface area contributed by atoms with E-state index in [1.54, 1.807) is 6.07 Å². The summed E-state index contributed by atoms with van der Waals surface area (Å²) >= 11 is 18.8. The minimum atomic E-state index is 0.309. The summed E-state index contributed by atoms with van der Waals surface area (Å²) in [5, 5.41) is 0.607. The Hall–Kier alpha value is -0.220. The summed E-state index contributed by atoms with van der Waals surface area (Å²) in [5.41, 5.74) is 0.788. The summed E-state index contributed by atoms with van der Waals surface area (Å²) in [6, 6.07) is 11.2. The van der Waals surface area contributed by atoms with Crippen LogP contribution in [-0.2, 0) is 5.88 Å². The molecular formula is C13H8Br2Cl2O. The molecule has 0 radical (unpaired) electrons. The van der Waals surface area contributed by atoms with Crippen molar-refractivity contribution in [2.24, 2.45) is 0 Å². The van der Waals surface area contributed by atoms with Crippen molar-refractivity contribution < 1.29 is 4.74 Å². The summed E-state index contributed by atoms with van der Waals surface area (Å²) in [7, 11) is 0. The number of rotatable bonds is 3. The van der Waals surface area contributed by atoms with Crippen molar-refractivity contribution in [1.29, 1.82) is 0 Å². The van der Waals surface area contributed by atoms with Crippen LogP contribution < -0.4 is 4.74 Å². The first kappa shape index (κ1) is 14.2. The van der Waals surface area contributed by atoms with Crippen LogP contribution in [0.25, 0.3) is 0 Å². The number of halogens is 4. The third kappa shape index (κ3) is 3.21. The highest BCUT2D eigenvalue weighted by atomic mass is 79.9. The molecule has 0 saturated carbocycles. The molecule has 0 saturated heterocycles. The van der Waals surface area contributed by atoms with Gasteiger partial charge in [-0.1, -0.05) is 33.6 Å². The van der Waals surface area contributed by atoms with Gasteiger partial charge in [-0.3, -0.25) is 0 Å². The predicted octanol–water partition coefficient (Wildman–Crippen LogP) is 6.40. The normalized spacial score (nSPS) is 10.4. The lowest BCUT2D eigenvalue weighted by atomic mass is 10.2. The van der Waals surface area contributed by atoms with Gasteiger partial charge in [0.25, 0.3) is 0 Å². The van der Waals surface area contributed by atoms with E-state index < -0.39 is 0 Å². The van der Waals surface area contributed by atoms with Crippen LogP contribution >= 0.6 is 55.1 Å². The van der Waals surface area contributed by atoms with Gasteiger partial charge in [-0.05, 0) is 46.3 Å². The lowest BCUT2D eigenvalue weighted by molar-refractivity contribution is 0.475. The van der Waals surface area contributed by atoms with E-state index in [0.29, 0.717) is 22.4 Å². The van der Waals surface area contributed by atoms with Crippen LogP contribution in [0.5, 0.6) is 11.5 Å². The van der Waals surface area contributed by atoms with Crippen LogP contribution in [0.4, 0.5) is 0 Å². The fraction of sp³-hybridized carbons (Fsp3) is 0.0769. The van der Waals surface area contributed by atoms with Gasteiger partial charge in [0.05, 0.1) is 10.4 Å². The average Bonchev–Trinajstić information content (AvgIpc) is 2.33. The van der Waals surface area contributed by atoms with Crippen LogP contribution in [-0.4, -0.2) is 0 Å². The van der Waals surface area contributed by atoms with Gasteiger partial charge in [0, 0.05) is 15.1 Å². The number of hydrogen-bond donors (Lipinski definition) is 0. The first-order valence-electron chi connectivity index (χ1n) is 5.08. The summed E-state index contributed by atoms with van der Waals surface area (Å²) < 4.78 is 7.67. The molecule has 0 heterocycles. The largest absolute Gasteiger partial charge is 0.456 e. The van der Waals surface area contributed by atoms with Gasteiger partial charge in [0.15, 0.2) is 0 Å². The molecule has 2 aromatic carbocycles. The second kappa shape index (κ2) is 6.29. The van der Waals surface area contributed by atoms with Gasteiger partial charge in [0.2, 0.25) is 0 Å². The molecule has 94 valence electrons. The van der Waals surface area contributed by atoms with E-state index in [4.69, 9.17) is 27.9 Å². The zero-order valence-corrected chi connectivity index (χ0v) is 13.8. The zero-order valence-electron chi connectivity index (χ0n) is 9.09. The van der Waals surface area contributed by atoms with Crippen LogP contribution in [0.3, 0.4) is 0 Å². The Kier molecular flexibility index (Phi) is 4.96. The molecule has 5 heteroatoms. The Morgan fingerprint density at radius 1 is 1.06 bits per heavy atom. The molecule has 18 heavy (non-hydrogen) atoms.